The minimum atomic E-state index is -0.368. The normalized spacial score (nSPS) is 13.3. The van der Waals surface area contributed by atoms with Gasteiger partial charge in [-0.2, -0.15) is 0 Å². The molecular weight excluding hydrogens is 270 g/mol. The Kier molecular flexibility index (Phi) is 4.04. The van der Waals surface area contributed by atoms with Crippen molar-refractivity contribution in [3.8, 4) is 0 Å². The van der Waals surface area contributed by atoms with Crippen molar-refractivity contribution in [3.05, 3.63) is 26.7 Å². The first kappa shape index (κ1) is 15.5. The number of aryl methyl sites for hydroxylation is 1. The maximum absolute atomic E-state index is 12.5. The van der Waals surface area contributed by atoms with Crippen LogP contribution in [0.2, 0.25) is 0 Å². The number of nitrogens with zero attached hydrogens (tertiary/aromatic N) is 4. The second-order valence-corrected chi connectivity index (χ2v) is 5.78. The molecule has 0 aliphatic carbocycles. The Labute approximate surface area is 123 Å². The number of hydrogen-bond donors (Lipinski definition) is 1. The molecule has 0 radical (unpaired) electrons. The third-order valence-corrected chi connectivity index (χ3v) is 3.84. The van der Waals surface area contributed by atoms with Crippen LogP contribution in [0.15, 0.2) is 9.59 Å². The second kappa shape index (κ2) is 5.48. The van der Waals surface area contributed by atoms with E-state index in [9.17, 15) is 9.59 Å². The van der Waals surface area contributed by atoms with E-state index in [0.29, 0.717) is 17.7 Å². The molecule has 0 aliphatic rings. The van der Waals surface area contributed by atoms with Crippen molar-refractivity contribution in [3.63, 3.8) is 0 Å². The maximum Gasteiger partial charge on any atom is 0.332 e. The van der Waals surface area contributed by atoms with Crippen molar-refractivity contribution >= 4 is 11.2 Å². The summed E-state index contributed by atoms with van der Waals surface area (Å²) in [5.74, 6) is 0.925. The number of hydrogen-bond acceptors (Lipinski definition) is 4. The fourth-order valence-corrected chi connectivity index (χ4v) is 2.45. The lowest BCUT2D eigenvalue weighted by atomic mass is 10.2. The first-order chi connectivity index (χ1) is 9.79. The first-order valence-electron chi connectivity index (χ1n) is 7.21. The smallest absolute Gasteiger partial charge is 0.326 e. The van der Waals surface area contributed by atoms with Crippen LogP contribution in [-0.4, -0.2) is 24.7 Å². The van der Waals surface area contributed by atoms with E-state index < -0.39 is 0 Å². The van der Waals surface area contributed by atoms with E-state index in [0.717, 1.165) is 16.8 Å². The summed E-state index contributed by atoms with van der Waals surface area (Å²) in [6, 6.07) is -0.0539. The third-order valence-electron chi connectivity index (χ3n) is 3.84. The van der Waals surface area contributed by atoms with Crippen molar-refractivity contribution in [1.29, 1.82) is 0 Å². The van der Waals surface area contributed by atoms with Gasteiger partial charge in [-0.3, -0.25) is 13.9 Å². The van der Waals surface area contributed by atoms with Crippen molar-refractivity contribution in [1.82, 2.24) is 18.7 Å². The Morgan fingerprint density at radius 1 is 1.19 bits per heavy atom. The molecule has 7 heteroatoms. The van der Waals surface area contributed by atoms with Crippen molar-refractivity contribution < 1.29 is 0 Å². The summed E-state index contributed by atoms with van der Waals surface area (Å²) in [5.41, 5.74) is 6.24. The average Bonchev–Trinajstić information content (AvgIpc) is 2.82. The highest BCUT2D eigenvalue weighted by Gasteiger charge is 2.21. The number of aromatic nitrogens is 4. The van der Waals surface area contributed by atoms with E-state index in [1.165, 1.54) is 11.6 Å². The van der Waals surface area contributed by atoms with Gasteiger partial charge in [-0.15, -0.1) is 0 Å². The van der Waals surface area contributed by atoms with Gasteiger partial charge in [0, 0.05) is 32.6 Å². The Balaban J connectivity index is 2.89. The molecule has 0 amide bonds. The van der Waals surface area contributed by atoms with Gasteiger partial charge >= 0.3 is 5.69 Å². The predicted molar refractivity (Wildman–Crippen MR) is 82.6 cm³/mol. The van der Waals surface area contributed by atoms with E-state index >= 15 is 0 Å². The first-order valence-corrected chi connectivity index (χ1v) is 7.21. The largest absolute Gasteiger partial charge is 0.332 e. The SMILES string of the molecule is CCC(N)Cn1c(C(C)C)nc2c1c(=O)n(C)c(=O)n2C. The monoisotopic (exact) mass is 293 g/mol. The lowest BCUT2D eigenvalue weighted by Crippen LogP contribution is -2.38. The number of nitrogens with two attached hydrogens (primary N) is 1. The van der Waals surface area contributed by atoms with Crippen LogP contribution in [0.3, 0.4) is 0 Å². The third kappa shape index (κ3) is 2.42. The van der Waals surface area contributed by atoms with Gasteiger partial charge in [0.1, 0.15) is 5.82 Å². The van der Waals surface area contributed by atoms with Crippen molar-refractivity contribution in [2.75, 3.05) is 0 Å². The van der Waals surface area contributed by atoms with Gasteiger partial charge in [0.2, 0.25) is 0 Å². The summed E-state index contributed by atoms with van der Waals surface area (Å²) < 4.78 is 4.40. The highest BCUT2D eigenvalue weighted by molar-refractivity contribution is 5.71. The molecule has 2 aromatic heterocycles. The highest BCUT2D eigenvalue weighted by atomic mass is 16.2. The molecule has 0 bridgehead atoms. The molecule has 2 rings (SSSR count). The fourth-order valence-electron chi connectivity index (χ4n) is 2.45. The van der Waals surface area contributed by atoms with Gasteiger partial charge in [0.05, 0.1) is 0 Å². The fraction of sp³-hybridized carbons (Fsp3) is 0.643. The molecule has 0 aromatic carbocycles. The minimum absolute atomic E-state index is 0.0539. The molecule has 7 nitrogen and oxygen atoms in total. The zero-order valence-corrected chi connectivity index (χ0v) is 13.3. The summed E-state index contributed by atoms with van der Waals surface area (Å²) in [5, 5.41) is 0. The van der Waals surface area contributed by atoms with E-state index in [4.69, 9.17) is 5.73 Å². The highest BCUT2D eigenvalue weighted by Crippen LogP contribution is 2.19. The average molecular weight is 293 g/mol. The lowest BCUT2D eigenvalue weighted by Gasteiger charge is -2.15. The van der Waals surface area contributed by atoms with Gasteiger partial charge < -0.3 is 10.3 Å². The summed E-state index contributed by atoms with van der Waals surface area (Å²) in [6.45, 7) is 6.55. The molecule has 2 N–H and O–H groups in total. The number of rotatable bonds is 4. The minimum Gasteiger partial charge on any atom is -0.326 e. The number of imidazole rings is 1. The zero-order valence-electron chi connectivity index (χ0n) is 13.3. The molecular formula is C14H23N5O2. The lowest BCUT2D eigenvalue weighted by molar-refractivity contribution is 0.521. The summed E-state index contributed by atoms with van der Waals surface area (Å²) in [4.78, 5) is 29.0. The van der Waals surface area contributed by atoms with Crippen molar-refractivity contribution in [2.45, 2.75) is 45.7 Å². The molecule has 0 fully saturated rings. The molecule has 21 heavy (non-hydrogen) atoms. The van der Waals surface area contributed by atoms with Gasteiger partial charge in [0.25, 0.3) is 5.56 Å². The summed E-state index contributed by atoms with van der Waals surface area (Å²) in [6.07, 6.45) is 0.809. The molecule has 0 spiro atoms. The number of fused-ring (bicyclic) bond motifs is 1. The molecule has 1 unspecified atom stereocenters. The van der Waals surface area contributed by atoms with Crippen LogP contribution in [0, 0.1) is 0 Å². The second-order valence-electron chi connectivity index (χ2n) is 5.78. The zero-order chi connectivity index (χ0) is 15.9. The molecule has 0 aliphatic heterocycles. The van der Waals surface area contributed by atoms with E-state index in [1.807, 2.05) is 25.3 Å². The van der Waals surface area contributed by atoms with Gasteiger partial charge in [-0.1, -0.05) is 20.8 Å². The van der Waals surface area contributed by atoms with Crippen LogP contribution < -0.4 is 17.0 Å². The maximum atomic E-state index is 12.5. The summed E-state index contributed by atoms with van der Waals surface area (Å²) in [7, 11) is 3.11. The van der Waals surface area contributed by atoms with Crippen LogP contribution in [-0.2, 0) is 20.6 Å². The van der Waals surface area contributed by atoms with E-state index in [2.05, 4.69) is 4.98 Å². The van der Waals surface area contributed by atoms with Crippen LogP contribution in [0.1, 0.15) is 38.9 Å². The molecule has 2 heterocycles. The summed E-state index contributed by atoms with van der Waals surface area (Å²) >= 11 is 0. The predicted octanol–water partition coefficient (Wildman–Crippen LogP) is 0.294. The van der Waals surface area contributed by atoms with Gasteiger partial charge in [-0.25, -0.2) is 9.78 Å². The van der Waals surface area contributed by atoms with Crippen LogP contribution in [0.5, 0.6) is 0 Å². The van der Waals surface area contributed by atoms with Crippen LogP contribution in [0.25, 0.3) is 11.2 Å². The molecule has 116 valence electrons. The molecule has 0 saturated heterocycles. The standard InChI is InChI=1S/C14H23N5O2/c1-6-9(15)7-19-10-12(16-11(19)8(2)3)17(4)14(21)18(5)13(10)20/h8-9H,6-7,15H2,1-5H3. The molecule has 1 atom stereocenters. The van der Waals surface area contributed by atoms with E-state index in [1.54, 1.807) is 7.05 Å². The van der Waals surface area contributed by atoms with Crippen LogP contribution in [0.4, 0.5) is 0 Å². The Morgan fingerprint density at radius 2 is 1.81 bits per heavy atom. The Morgan fingerprint density at radius 3 is 2.33 bits per heavy atom. The van der Waals surface area contributed by atoms with Crippen LogP contribution >= 0.6 is 0 Å². The van der Waals surface area contributed by atoms with Gasteiger partial charge in [-0.05, 0) is 6.42 Å². The van der Waals surface area contributed by atoms with E-state index in [-0.39, 0.29) is 23.2 Å². The van der Waals surface area contributed by atoms with Gasteiger partial charge in [0.15, 0.2) is 11.2 Å². The molecule has 0 saturated carbocycles. The quantitative estimate of drug-likeness (QED) is 0.878. The molecule has 2 aromatic rings. The van der Waals surface area contributed by atoms with Crippen molar-refractivity contribution in [2.24, 2.45) is 19.8 Å². The topological polar surface area (TPSA) is 87.8 Å². The Bertz CT molecular complexity index is 781. The Hall–Kier alpha value is -1.89.